The molecule has 0 unspecified atom stereocenters. The minimum absolute atomic E-state index is 0. The van der Waals surface area contributed by atoms with E-state index in [0.717, 1.165) is 0 Å². The van der Waals surface area contributed by atoms with E-state index >= 15 is 0 Å². The van der Waals surface area contributed by atoms with Crippen molar-refractivity contribution in [2.45, 2.75) is 0 Å². The van der Waals surface area contributed by atoms with Gasteiger partial charge in [0.1, 0.15) is 0 Å². The molecule has 0 spiro atoms. The van der Waals surface area contributed by atoms with Crippen molar-refractivity contribution in [3.63, 3.8) is 0 Å². The summed E-state index contributed by atoms with van der Waals surface area (Å²) in [5.41, 5.74) is 0. The van der Waals surface area contributed by atoms with Gasteiger partial charge in [-0.3, -0.25) is 4.98 Å². The van der Waals surface area contributed by atoms with Crippen molar-refractivity contribution >= 4 is 0 Å². The van der Waals surface area contributed by atoms with Gasteiger partial charge in [0.2, 0.25) is 0 Å². The fourth-order valence-corrected chi connectivity index (χ4v) is 0.313. The molecule has 0 bridgehead atoms. The van der Waals surface area contributed by atoms with E-state index in [9.17, 15) is 0 Å². The summed E-state index contributed by atoms with van der Waals surface area (Å²) >= 11 is 0. The van der Waals surface area contributed by atoms with Gasteiger partial charge in [0.05, 0.1) is 0 Å². The van der Waals surface area contributed by atoms with Crippen LogP contribution in [0.4, 0.5) is 0 Å². The normalized spacial score (nSPS) is 6.00. The summed E-state index contributed by atoms with van der Waals surface area (Å²) in [6.07, 6.45) is 3.50. The maximum Gasteiger partial charge on any atom is 1.00 e. The van der Waals surface area contributed by atoms with E-state index in [-0.39, 0.29) is 34.1 Å². The molecule has 0 aliphatic carbocycles. The molecule has 1 nitrogen and oxygen atoms in total. The molecule has 3 heteroatoms. The Morgan fingerprint density at radius 1 is 0.875 bits per heavy atom. The van der Waals surface area contributed by atoms with Gasteiger partial charge in [0, 0.05) is 12.4 Å². The molecular formula is C5H5BrCuN. The van der Waals surface area contributed by atoms with Crippen molar-refractivity contribution in [3.05, 3.63) is 30.6 Å². The zero-order chi connectivity index (χ0) is 4.24. The molecule has 8 heavy (non-hydrogen) atoms. The van der Waals surface area contributed by atoms with Crippen LogP contribution in [0.25, 0.3) is 0 Å². The summed E-state index contributed by atoms with van der Waals surface area (Å²) in [6.45, 7) is 0. The van der Waals surface area contributed by atoms with Crippen molar-refractivity contribution < 1.29 is 34.1 Å². The molecule has 1 heterocycles. The first-order valence-electron chi connectivity index (χ1n) is 1.85. The number of nitrogens with zero attached hydrogens (tertiary/aromatic N) is 1. The second kappa shape index (κ2) is 7.15. The summed E-state index contributed by atoms with van der Waals surface area (Å²) in [5, 5.41) is 0. The monoisotopic (exact) mass is 221 g/mol. The molecule has 0 fully saturated rings. The van der Waals surface area contributed by atoms with Gasteiger partial charge in [-0.2, -0.15) is 0 Å². The molecule has 48 valence electrons. The Morgan fingerprint density at radius 2 is 1.38 bits per heavy atom. The Bertz CT molecular complexity index is 84.4. The number of pyridine rings is 1. The van der Waals surface area contributed by atoms with Crippen molar-refractivity contribution in [2.75, 3.05) is 0 Å². The number of rotatable bonds is 0. The van der Waals surface area contributed by atoms with Gasteiger partial charge in [-0.25, -0.2) is 0 Å². The third-order valence-corrected chi connectivity index (χ3v) is 0.566. The maximum atomic E-state index is 3.78. The molecule has 0 aliphatic heterocycles. The molecule has 1 aromatic heterocycles. The maximum absolute atomic E-state index is 3.78. The molecule has 0 saturated heterocycles. The van der Waals surface area contributed by atoms with Crippen molar-refractivity contribution in [2.24, 2.45) is 0 Å². The average Bonchev–Trinajstić information content (AvgIpc) is 1.72. The molecule has 0 aromatic carbocycles. The predicted octanol–water partition coefficient (Wildman–Crippen LogP) is -1.92. The van der Waals surface area contributed by atoms with Crippen LogP contribution in [0.5, 0.6) is 0 Å². The molecule has 1 rings (SSSR count). The van der Waals surface area contributed by atoms with Crippen LogP contribution in [-0.2, 0) is 17.1 Å². The number of halogens is 1. The summed E-state index contributed by atoms with van der Waals surface area (Å²) in [7, 11) is 0. The van der Waals surface area contributed by atoms with Crippen LogP contribution in [-0.4, -0.2) is 4.98 Å². The molecule has 1 aromatic rings. The van der Waals surface area contributed by atoms with Crippen LogP contribution in [0, 0.1) is 0 Å². The van der Waals surface area contributed by atoms with Gasteiger partial charge < -0.3 is 17.0 Å². The topological polar surface area (TPSA) is 12.9 Å². The van der Waals surface area contributed by atoms with Gasteiger partial charge in [0.25, 0.3) is 0 Å². The number of hydrogen-bond acceptors (Lipinski definition) is 1. The fourth-order valence-electron chi connectivity index (χ4n) is 0.313. The van der Waals surface area contributed by atoms with Crippen LogP contribution in [0.3, 0.4) is 0 Å². The van der Waals surface area contributed by atoms with E-state index in [1.807, 2.05) is 18.2 Å². The van der Waals surface area contributed by atoms with E-state index in [1.54, 1.807) is 12.4 Å². The molecule has 0 atom stereocenters. The van der Waals surface area contributed by atoms with Gasteiger partial charge in [-0.05, 0) is 12.1 Å². The van der Waals surface area contributed by atoms with Crippen LogP contribution < -0.4 is 17.0 Å². The van der Waals surface area contributed by atoms with Gasteiger partial charge in [-0.15, -0.1) is 0 Å². The van der Waals surface area contributed by atoms with E-state index in [4.69, 9.17) is 0 Å². The van der Waals surface area contributed by atoms with Crippen LogP contribution in [0.15, 0.2) is 30.6 Å². The first-order valence-corrected chi connectivity index (χ1v) is 1.85. The third kappa shape index (κ3) is 4.31. The van der Waals surface area contributed by atoms with Crippen molar-refractivity contribution in [3.8, 4) is 0 Å². The SMILES string of the molecule is [Br-].[Cu+].c1ccncc1. The third-order valence-electron chi connectivity index (χ3n) is 0.566. The van der Waals surface area contributed by atoms with E-state index < -0.39 is 0 Å². The van der Waals surface area contributed by atoms with Crippen LogP contribution in [0.1, 0.15) is 0 Å². The Labute approximate surface area is 69.8 Å². The second-order valence-corrected chi connectivity index (χ2v) is 1.02. The van der Waals surface area contributed by atoms with Gasteiger partial charge >= 0.3 is 17.1 Å². The standard InChI is InChI=1S/C5H5N.BrH.Cu/c1-2-4-6-5-3-1;;/h1-5H;1H;/q;;+1/p-1. The zero-order valence-corrected chi connectivity index (χ0v) is 6.54. The van der Waals surface area contributed by atoms with Crippen molar-refractivity contribution in [1.82, 2.24) is 4.98 Å². The van der Waals surface area contributed by atoms with Gasteiger partial charge in [-0.1, -0.05) is 6.07 Å². The molecule has 0 N–H and O–H groups in total. The Hall–Kier alpha value is 0.149. The first kappa shape index (κ1) is 11.0. The molecule has 0 radical (unpaired) electrons. The first-order chi connectivity index (χ1) is 3.00. The number of hydrogen-bond donors (Lipinski definition) is 0. The minimum Gasteiger partial charge on any atom is -1.00 e. The van der Waals surface area contributed by atoms with E-state index in [1.165, 1.54) is 0 Å². The fraction of sp³-hybridized carbons (Fsp3) is 0. The zero-order valence-electron chi connectivity index (χ0n) is 4.01. The predicted molar refractivity (Wildman–Crippen MR) is 24.2 cm³/mol. The Morgan fingerprint density at radius 3 is 1.50 bits per heavy atom. The van der Waals surface area contributed by atoms with Gasteiger partial charge in [0.15, 0.2) is 0 Å². The van der Waals surface area contributed by atoms with Crippen LogP contribution in [0.2, 0.25) is 0 Å². The Kier molecular flexibility index (Phi) is 9.84. The van der Waals surface area contributed by atoms with E-state index in [0.29, 0.717) is 0 Å². The molecule has 0 saturated carbocycles. The summed E-state index contributed by atoms with van der Waals surface area (Å²) in [5.74, 6) is 0. The largest absolute Gasteiger partial charge is 1.00 e. The minimum atomic E-state index is 0. The van der Waals surface area contributed by atoms with E-state index in [2.05, 4.69) is 4.98 Å². The summed E-state index contributed by atoms with van der Waals surface area (Å²) in [4.78, 5) is 3.78. The van der Waals surface area contributed by atoms with Crippen molar-refractivity contribution in [1.29, 1.82) is 0 Å². The summed E-state index contributed by atoms with van der Waals surface area (Å²) in [6, 6.07) is 5.72. The molecule has 0 amide bonds. The smallest absolute Gasteiger partial charge is 1.00 e. The quantitative estimate of drug-likeness (QED) is 0.467. The summed E-state index contributed by atoms with van der Waals surface area (Å²) < 4.78 is 0. The average molecular weight is 223 g/mol. The van der Waals surface area contributed by atoms with Crippen LogP contribution >= 0.6 is 0 Å². The second-order valence-electron chi connectivity index (χ2n) is 1.02. The Balaban J connectivity index is 0. The number of aromatic nitrogens is 1. The molecular weight excluding hydrogens is 218 g/mol. The molecule has 0 aliphatic rings.